The van der Waals surface area contributed by atoms with E-state index in [0.717, 1.165) is 11.8 Å². The molecule has 16 heteroatoms. The fourth-order valence-corrected chi connectivity index (χ4v) is 3.13. The first-order chi connectivity index (χ1) is 15.0. The quantitative estimate of drug-likeness (QED) is 0.0420. The second-order valence-corrected chi connectivity index (χ2v) is 7.95. The van der Waals surface area contributed by atoms with Crippen LogP contribution in [0.25, 0.3) is 0 Å². The number of aliphatic hydroxyl groups excluding tert-OH is 3. The van der Waals surface area contributed by atoms with Crippen molar-refractivity contribution in [3.05, 3.63) is 38.0 Å². The van der Waals surface area contributed by atoms with Gasteiger partial charge in [0.2, 0.25) is 0 Å². The second kappa shape index (κ2) is 26.7. The van der Waals surface area contributed by atoms with Crippen molar-refractivity contribution in [3.8, 4) is 6.07 Å². The van der Waals surface area contributed by atoms with Crippen LogP contribution in [0.15, 0.2) is 48.1 Å². The van der Waals surface area contributed by atoms with Crippen LogP contribution in [0.5, 0.6) is 0 Å². The molecule has 1 fully saturated rings. The molecule has 12 nitrogen and oxygen atoms in total. The number of nitriles is 1. The number of thiocarbonyl (C=S) groups is 1. The molecular weight excluding hydrogens is 550 g/mol. The fourth-order valence-electron chi connectivity index (χ4n) is 1.73. The Bertz CT molecular complexity index is 816. The summed E-state index contributed by atoms with van der Waals surface area (Å²) in [6.07, 6.45) is 0.251. The maximum atomic E-state index is 10.4. The van der Waals surface area contributed by atoms with E-state index in [1.165, 1.54) is 13.0 Å². The standard InChI is InChI=1S/C10H17NO8S2.C4H5NS.C4H5N.CH4.K.H2O/c1-3-4-6(11-19-21(15,16)17)20-10-9(14)8(13)7(12)5(2)18-10;1-2-3-5-4-6;1-2-3-4-5;;;/h3,5,7-10,12-14H,1,4H2,2H3,(H,15,16,17);2H,1,3H2;2H,1,3H2;1H4;;1H2/q;;;;+1;/p-1/b11-6-;;;;;/t5?,7-,8+,9?,10+;;;;;/m1...../s1. The summed E-state index contributed by atoms with van der Waals surface area (Å²) in [7, 11) is -5.00. The third-order valence-electron chi connectivity index (χ3n) is 3.13. The van der Waals surface area contributed by atoms with Crippen LogP contribution in [0.2, 0.25) is 0 Å². The molecule has 5 atom stereocenters. The Morgan fingerprint density at radius 2 is 1.80 bits per heavy atom. The topological polar surface area (TPSA) is 216 Å². The minimum absolute atomic E-state index is 0. The maximum Gasteiger partial charge on any atom is 1.00 e. The van der Waals surface area contributed by atoms with Crippen molar-refractivity contribution < 1.29 is 94.2 Å². The van der Waals surface area contributed by atoms with Gasteiger partial charge in [-0.1, -0.05) is 42.6 Å². The van der Waals surface area contributed by atoms with Crippen molar-refractivity contribution in [2.75, 3.05) is 6.54 Å². The van der Waals surface area contributed by atoms with Crippen molar-refractivity contribution in [1.29, 1.82) is 5.26 Å². The summed E-state index contributed by atoms with van der Waals surface area (Å²) in [6.45, 7) is 12.3. The number of oxime groups is 1. The predicted molar refractivity (Wildman–Crippen MR) is 134 cm³/mol. The number of aliphatic imine (C=N–C) groups is 1. The molecule has 0 aliphatic carbocycles. The number of aliphatic hydroxyl groups is 3. The molecule has 1 aliphatic rings. The zero-order valence-corrected chi connectivity index (χ0v) is 24.4. The number of rotatable bonds is 8. The van der Waals surface area contributed by atoms with E-state index in [1.54, 1.807) is 12.2 Å². The van der Waals surface area contributed by atoms with Crippen LogP contribution < -0.4 is 51.4 Å². The largest absolute Gasteiger partial charge is 1.00 e. The van der Waals surface area contributed by atoms with E-state index >= 15 is 0 Å². The summed E-state index contributed by atoms with van der Waals surface area (Å²) in [6, 6.07) is 1.90. The SMILES string of the molecule is C.C=CC/C(=N/OS(=O)(=O)[O-])S[C@@H]1OC(C)[C@@H](O)[C@H](O)C1O.C=CCC#N.C=CCN=C=S.O.[K+]. The smallest absolute Gasteiger partial charge is 0.714 e. The van der Waals surface area contributed by atoms with Crippen LogP contribution in [0, 0.1) is 11.3 Å². The predicted octanol–water partition coefficient (Wildman–Crippen LogP) is -1.91. The first-order valence-electron chi connectivity index (χ1n) is 8.79. The van der Waals surface area contributed by atoms with Crippen LogP contribution in [0.3, 0.4) is 0 Å². The molecule has 196 valence electrons. The summed E-state index contributed by atoms with van der Waals surface area (Å²) >= 11 is 5.01. The second-order valence-electron chi connectivity index (χ2n) is 5.63. The Hall–Kier alpha value is -0.324. The van der Waals surface area contributed by atoms with E-state index in [2.05, 4.69) is 51.5 Å². The number of hydrogen-bond acceptors (Lipinski definition) is 13. The van der Waals surface area contributed by atoms with Gasteiger partial charge in [-0.3, -0.25) is 4.28 Å². The summed E-state index contributed by atoms with van der Waals surface area (Å²) in [5.41, 5.74) is -1.02. The normalized spacial score (nSPS) is 22.5. The molecule has 1 aliphatic heterocycles. The number of hydrogen-bond donors (Lipinski definition) is 3. The van der Waals surface area contributed by atoms with E-state index in [4.69, 9.17) is 10.00 Å². The van der Waals surface area contributed by atoms with Crippen molar-refractivity contribution in [1.82, 2.24) is 0 Å². The molecule has 5 N–H and O–H groups in total. The zero-order chi connectivity index (χ0) is 25.2. The van der Waals surface area contributed by atoms with Gasteiger partial charge in [0.15, 0.2) is 0 Å². The average Bonchev–Trinajstić information content (AvgIpc) is 2.74. The van der Waals surface area contributed by atoms with Crippen LogP contribution in [-0.4, -0.2) is 80.4 Å². The third-order valence-corrected chi connectivity index (χ3v) is 4.65. The van der Waals surface area contributed by atoms with Gasteiger partial charge in [-0.15, -0.1) is 19.7 Å². The van der Waals surface area contributed by atoms with Crippen LogP contribution in [0.4, 0.5) is 0 Å². The van der Waals surface area contributed by atoms with E-state index in [-0.39, 0.29) is 75.8 Å². The molecule has 1 heterocycles. The van der Waals surface area contributed by atoms with Gasteiger partial charge in [0.1, 0.15) is 28.8 Å². The Morgan fingerprint density at radius 3 is 2.14 bits per heavy atom. The summed E-state index contributed by atoms with van der Waals surface area (Å²) in [5.74, 6) is 0. The van der Waals surface area contributed by atoms with Crippen molar-refractivity contribution >= 4 is 44.6 Å². The molecular formula is C19H32KN3O9S3. The van der Waals surface area contributed by atoms with E-state index in [0.29, 0.717) is 13.0 Å². The van der Waals surface area contributed by atoms with Gasteiger partial charge in [0.05, 0.1) is 30.3 Å². The molecule has 1 saturated heterocycles. The van der Waals surface area contributed by atoms with Gasteiger partial charge < -0.3 is 30.1 Å². The van der Waals surface area contributed by atoms with Crippen molar-refractivity contribution in [3.63, 3.8) is 0 Å². The minimum atomic E-state index is -5.00. The van der Waals surface area contributed by atoms with Gasteiger partial charge in [-0.25, -0.2) is 4.99 Å². The summed E-state index contributed by atoms with van der Waals surface area (Å²) in [4.78, 5) is 3.54. The molecule has 0 aromatic rings. The molecule has 0 radical (unpaired) electrons. The molecule has 1 rings (SSSR count). The Labute approximate surface area is 259 Å². The molecule has 0 spiro atoms. The molecule has 0 aromatic carbocycles. The summed E-state index contributed by atoms with van der Waals surface area (Å²) in [5, 5.41) is 42.1. The first-order valence-corrected chi connectivity index (χ1v) is 11.4. The zero-order valence-electron chi connectivity index (χ0n) is 18.8. The van der Waals surface area contributed by atoms with E-state index in [1.807, 2.05) is 6.07 Å². The van der Waals surface area contributed by atoms with Crippen LogP contribution in [0.1, 0.15) is 27.2 Å². The molecule has 0 amide bonds. The van der Waals surface area contributed by atoms with Crippen LogP contribution >= 0.6 is 24.0 Å². The molecule has 0 bridgehead atoms. The molecule has 35 heavy (non-hydrogen) atoms. The van der Waals surface area contributed by atoms with Crippen molar-refractivity contribution in [2.45, 2.75) is 57.0 Å². The number of isothiocyanates is 1. The average molecular weight is 582 g/mol. The number of thioether (sulfide) groups is 1. The number of nitrogens with zero attached hydrogens (tertiary/aromatic N) is 3. The first kappa shape index (κ1) is 44.7. The van der Waals surface area contributed by atoms with Gasteiger partial charge in [0, 0.05) is 6.42 Å². The molecule has 2 unspecified atom stereocenters. The van der Waals surface area contributed by atoms with Crippen molar-refractivity contribution in [2.24, 2.45) is 10.1 Å². The molecule has 0 saturated carbocycles. The monoisotopic (exact) mass is 581 g/mol. The van der Waals surface area contributed by atoms with E-state index < -0.39 is 40.3 Å². The maximum absolute atomic E-state index is 10.4. The Morgan fingerprint density at radius 1 is 1.23 bits per heavy atom. The van der Waals surface area contributed by atoms with E-state index in [9.17, 15) is 28.3 Å². The number of ether oxygens (including phenoxy) is 1. The minimum Gasteiger partial charge on any atom is -0.714 e. The Balaban J connectivity index is -0.000000181. The Kier molecular flexibility index (Phi) is 34.1. The van der Waals surface area contributed by atoms with Gasteiger partial charge in [0.25, 0.3) is 10.4 Å². The molecule has 0 aromatic heterocycles. The van der Waals surface area contributed by atoms with Gasteiger partial charge >= 0.3 is 51.4 Å². The van der Waals surface area contributed by atoms with Gasteiger partial charge in [-0.2, -0.15) is 13.7 Å². The third kappa shape index (κ3) is 23.8. The van der Waals surface area contributed by atoms with Gasteiger partial charge in [-0.05, 0) is 19.1 Å². The fraction of sp³-hybridized carbons (Fsp3) is 0.526. The summed E-state index contributed by atoms with van der Waals surface area (Å²) < 4.78 is 40.2. The number of allylic oxidation sites excluding steroid dienone is 2. The van der Waals surface area contributed by atoms with Crippen LogP contribution in [-0.2, 0) is 19.4 Å².